The van der Waals surface area contributed by atoms with Crippen molar-refractivity contribution in [3.63, 3.8) is 0 Å². The Balaban J connectivity index is 1.57. The van der Waals surface area contributed by atoms with Gasteiger partial charge >= 0.3 is 0 Å². The molecule has 162 valence electrons. The van der Waals surface area contributed by atoms with Crippen LogP contribution in [0.5, 0.6) is 11.5 Å². The van der Waals surface area contributed by atoms with Gasteiger partial charge in [0.25, 0.3) is 0 Å². The number of para-hydroxylation sites is 1. The number of benzene rings is 7. The van der Waals surface area contributed by atoms with Gasteiger partial charge in [0.2, 0.25) is 0 Å². The molecule has 1 heteroatoms. The lowest BCUT2D eigenvalue weighted by Gasteiger charge is -2.24. The summed E-state index contributed by atoms with van der Waals surface area (Å²) in [6.45, 7) is 0. The van der Waals surface area contributed by atoms with Crippen molar-refractivity contribution in [3.05, 3.63) is 121 Å². The number of hydrogen-bond donors (Lipinski definition) is 0. The van der Waals surface area contributed by atoms with Gasteiger partial charge in [0.1, 0.15) is 11.5 Å². The molecule has 0 N–H and O–H groups in total. The molecule has 1 nitrogen and oxygen atoms in total. The van der Waals surface area contributed by atoms with Crippen molar-refractivity contribution >= 4 is 43.1 Å². The Bertz CT molecular complexity index is 1980. The topological polar surface area (TPSA) is 9.23 Å². The van der Waals surface area contributed by atoms with E-state index in [1.807, 2.05) is 6.07 Å². The molecule has 35 heavy (non-hydrogen) atoms. The number of ether oxygens (including phenoxy) is 1. The fourth-order valence-electron chi connectivity index (χ4n) is 5.87. The Hall–Kier alpha value is -4.62. The van der Waals surface area contributed by atoms with Crippen LogP contribution in [-0.4, -0.2) is 0 Å². The van der Waals surface area contributed by atoms with Crippen LogP contribution in [0.2, 0.25) is 0 Å². The molecular weight excluding hydrogens is 424 g/mol. The van der Waals surface area contributed by atoms with Crippen LogP contribution < -0.4 is 4.74 Å². The first kappa shape index (κ1) is 18.8. The second-order valence-electron chi connectivity index (χ2n) is 9.30. The summed E-state index contributed by atoms with van der Waals surface area (Å²) >= 11 is 0. The second-order valence-corrected chi connectivity index (χ2v) is 9.30. The Morgan fingerprint density at radius 1 is 0.400 bits per heavy atom. The van der Waals surface area contributed by atoms with Crippen LogP contribution in [0.3, 0.4) is 0 Å². The van der Waals surface area contributed by atoms with Gasteiger partial charge in [-0.25, -0.2) is 0 Å². The van der Waals surface area contributed by atoms with Crippen molar-refractivity contribution in [2.45, 2.75) is 0 Å². The average Bonchev–Trinajstić information content (AvgIpc) is 2.92. The third-order valence-electron chi connectivity index (χ3n) is 7.43. The maximum Gasteiger partial charge on any atom is 0.143 e. The molecule has 1 heterocycles. The minimum Gasteiger partial charge on any atom is -0.455 e. The number of rotatable bonds is 1. The molecule has 0 bridgehead atoms. The molecule has 0 radical (unpaired) electrons. The normalized spacial score (nSPS) is 12.2. The van der Waals surface area contributed by atoms with Gasteiger partial charge in [0, 0.05) is 22.1 Å². The molecule has 0 spiro atoms. The summed E-state index contributed by atoms with van der Waals surface area (Å²) < 4.78 is 6.72. The average molecular weight is 445 g/mol. The van der Waals surface area contributed by atoms with E-state index in [4.69, 9.17) is 4.74 Å². The molecule has 0 aliphatic carbocycles. The fraction of sp³-hybridized carbons (Fsp3) is 0. The van der Waals surface area contributed by atoms with Gasteiger partial charge < -0.3 is 4.74 Å². The fourth-order valence-corrected chi connectivity index (χ4v) is 5.87. The summed E-state index contributed by atoms with van der Waals surface area (Å²) in [5.41, 5.74) is 4.75. The molecule has 0 unspecified atom stereocenters. The molecule has 1 aliphatic rings. The summed E-state index contributed by atoms with van der Waals surface area (Å²) in [5, 5.41) is 9.92. The van der Waals surface area contributed by atoms with Gasteiger partial charge in [0.05, 0.1) is 0 Å². The van der Waals surface area contributed by atoms with Crippen molar-refractivity contribution in [2.75, 3.05) is 0 Å². The monoisotopic (exact) mass is 444 g/mol. The molecule has 8 rings (SSSR count). The first-order valence-electron chi connectivity index (χ1n) is 12.0. The maximum atomic E-state index is 6.72. The van der Waals surface area contributed by atoms with E-state index >= 15 is 0 Å². The SMILES string of the molecule is c1ccc2c(c1)Oc1c(-c3c4ccccc4cc4c3ccc3ccccc34)ccc3cccc-2c13. The molecule has 0 fully saturated rings. The van der Waals surface area contributed by atoms with Gasteiger partial charge in [-0.3, -0.25) is 0 Å². The highest BCUT2D eigenvalue weighted by Crippen LogP contribution is 2.52. The molecule has 0 saturated carbocycles. The lowest BCUT2D eigenvalue weighted by molar-refractivity contribution is 0.489. The smallest absolute Gasteiger partial charge is 0.143 e. The zero-order valence-electron chi connectivity index (χ0n) is 19.0. The van der Waals surface area contributed by atoms with Gasteiger partial charge in [0.15, 0.2) is 0 Å². The first-order valence-corrected chi connectivity index (χ1v) is 12.0. The van der Waals surface area contributed by atoms with Gasteiger partial charge in [-0.1, -0.05) is 103 Å². The third-order valence-corrected chi connectivity index (χ3v) is 7.43. The maximum absolute atomic E-state index is 6.72. The van der Waals surface area contributed by atoms with E-state index < -0.39 is 0 Å². The molecular formula is C34H20O. The lowest BCUT2D eigenvalue weighted by atomic mass is 9.86. The predicted molar refractivity (Wildman–Crippen MR) is 147 cm³/mol. The Morgan fingerprint density at radius 3 is 2.06 bits per heavy atom. The van der Waals surface area contributed by atoms with Crippen LogP contribution >= 0.6 is 0 Å². The van der Waals surface area contributed by atoms with E-state index in [0.29, 0.717) is 0 Å². The number of fused-ring (bicyclic) bond motifs is 6. The second kappa shape index (κ2) is 6.94. The molecule has 1 aliphatic heterocycles. The highest BCUT2D eigenvalue weighted by Gasteiger charge is 2.24. The molecule has 0 atom stereocenters. The van der Waals surface area contributed by atoms with Crippen LogP contribution in [0.15, 0.2) is 121 Å². The van der Waals surface area contributed by atoms with Crippen molar-refractivity contribution in [1.29, 1.82) is 0 Å². The lowest BCUT2D eigenvalue weighted by Crippen LogP contribution is -1.99. The summed E-state index contributed by atoms with van der Waals surface area (Å²) in [6, 6.07) is 43.6. The van der Waals surface area contributed by atoms with Gasteiger partial charge in [-0.15, -0.1) is 0 Å². The van der Waals surface area contributed by atoms with Crippen LogP contribution in [0.25, 0.3) is 65.3 Å². The Labute approximate surface area is 202 Å². The number of hydrogen-bond acceptors (Lipinski definition) is 1. The molecule has 7 aromatic carbocycles. The molecule has 0 saturated heterocycles. The van der Waals surface area contributed by atoms with E-state index in [1.54, 1.807) is 0 Å². The summed E-state index contributed by atoms with van der Waals surface area (Å²) in [7, 11) is 0. The molecule has 0 amide bonds. The standard InChI is InChI=1S/C34H20O/c1-3-11-24-21(8-1)16-18-28-30(24)20-23-9-2-4-12-25(23)33(28)29-19-17-22-10-7-14-27-26-13-5-6-15-31(26)35-34(29)32(22)27/h1-20H. The van der Waals surface area contributed by atoms with Crippen molar-refractivity contribution in [2.24, 2.45) is 0 Å². The van der Waals surface area contributed by atoms with Crippen molar-refractivity contribution < 1.29 is 4.74 Å². The van der Waals surface area contributed by atoms with E-state index in [1.165, 1.54) is 54.2 Å². The van der Waals surface area contributed by atoms with Crippen LogP contribution in [0.4, 0.5) is 0 Å². The largest absolute Gasteiger partial charge is 0.455 e. The highest BCUT2D eigenvalue weighted by molar-refractivity contribution is 6.22. The van der Waals surface area contributed by atoms with Crippen LogP contribution in [-0.2, 0) is 0 Å². The van der Waals surface area contributed by atoms with E-state index in [0.717, 1.165) is 22.6 Å². The van der Waals surface area contributed by atoms with Gasteiger partial charge in [-0.2, -0.15) is 0 Å². The molecule has 0 aromatic heterocycles. The van der Waals surface area contributed by atoms with Gasteiger partial charge in [-0.05, 0) is 61.5 Å². The summed E-state index contributed by atoms with van der Waals surface area (Å²) in [6.07, 6.45) is 0. The zero-order chi connectivity index (χ0) is 22.9. The van der Waals surface area contributed by atoms with E-state index in [-0.39, 0.29) is 0 Å². The third kappa shape index (κ3) is 2.58. The zero-order valence-corrected chi connectivity index (χ0v) is 19.0. The summed E-state index contributed by atoms with van der Waals surface area (Å²) in [4.78, 5) is 0. The Morgan fingerprint density at radius 2 is 1.11 bits per heavy atom. The summed E-state index contributed by atoms with van der Waals surface area (Å²) in [5.74, 6) is 1.86. The van der Waals surface area contributed by atoms with E-state index in [2.05, 4.69) is 115 Å². The predicted octanol–water partition coefficient (Wildman–Crippen LogP) is 9.74. The van der Waals surface area contributed by atoms with Crippen molar-refractivity contribution in [3.8, 4) is 33.8 Å². The van der Waals surface area contributed by atoms with Crippen LogP contribution in [0.1, 0.15) is 0 Å². The quantitative estimate of drug-likeness (QED) is 0.181. The van der Waals surface area contributed by atoms with Crippen molar-refractivity contribution in [1.82, 2.24) is 0 Å². The highest BCUT2D eigenvalue weighted by atomic mass is 16.5. The van der Waals surface area contributed by atoms with E-state index in [9.17, 15) is 0 Å². The Kier molecular flexibility index (Phi) is 3.72. The van der Waals surface area contributed by atoms with Crippen LogP contribution in [0, 0.1) is 0 Å². The molecule has 7 aromatic rings. The minimum absolute atomic E-state index is 0.912. The first-order chi connectivity index (χ1) is 17.4. The minimum atomic E-state index is 0.912.